The highest BCUT2D eigenvalue weighted by molar-refractivity contribution is 5.90. The SMILES string of the molecule is CC(C)NC(=O)N1[C@H](C(O)c2c[nH]c3ccccc23)C(=O)OC1(C)C. The van der Waals surface area contributed by atoms with Crippen molar-refractivity contribution < 1.29 is 19.4 Å². The average molecular weight is 345 g/mol. The van der Waals surface area contributed by atoms with Gasteiger partial charge in [0.15, 0.2) is 11.8 Å². The fraction of sp³-hybridized carbons (Fsp3) is 0.444. The van der Waals surface area contributed by atoms with Gasteiger partial charge in [-0.3, -0.25) is 4.90 Å². The number of esters is 1. The molecule has 3 rings (SSSR count). The van der Waals surface area contributed by atoms with E-state index < -0.39 is 29.9 Å². The van der Waals surface area contributed by atoms with E-state index in [1.807, 2.05) is 38.1 Å². The second-order valence-corrected chi connectivity index (χ2v) is 7.02. The second-order valence-electron chi connectivity index (χ2n) is 7.02. The molecule has 134 valence electrons. The minimum atomic E-state index is -1.21. The Morgan fingerprint density at radius 2 is 2.04 bits per heavy atom. The molecular formula is C18H23N3O4. The van der Waals surface area contributed by atoms with Crippen LogP contribution in [0.3, 0.4) is 0 Å². The second kappa shape index (κ2) is 6.07. The number of aromatic nitrogens is 1. The average Bonchev–Trinajstić information content (AvgIpc) is 3.03. The monoisotopic (exact) mass is 345 g/mol. The molecule has 0 aliphatic carbocycles. The molecule has 1 aromatic carbocycles. The Morgan fingerprint density at radius 1 is 1.36 bits per heavy atom. The number of rotatable bonds is 3. The number of aromatic amines is 1. The van der Waals surface area contributed by atoms with Crippen LogP contribution in [0.2, 0.25) is 0 Å². The van der Waals surface area contributed by atoms with Crippen molar-refractivity contribution in [3.8, 4) is 0 Å². The van der Waals surface area contributed by atoms with E-state index in [1.54, 1.807) is 20.0 Å². The summed E-state index contributed by atoms with van der Waals surface area (Å²) in [5.41, 5.74) is 0.256. The number of cyclic esters (lactones) is 1. The maximum Gasteiger partial charge on any atom is 0.334 e. The number of hydrogen-bond donors (Lipinski definition) is 3. The fourth-order valence-corrected chi connectivity index (χ4v) is 3.26. The summed E-state index contributed by atoms with van der Waals surface area (Å²) < 4.78 is 5.36. The van der Waals surface area contributed by atoms with Gasteiger partial charge in [-0.25, -0.2) is 9.59 Å². The lowest BCUT2D eigenvalue weighted by Gasteiger charge is -2.33. The lowest BCUT2D eigenvalue weighted by molar-refractivity contribution is -0.149. The molecule has 0 saturated carbocycles. The number of amides is 2. The first-order valence-electron chi connectivity index (χ1n) is 8.29. The predicted octanol–water partition coefficient (Wildman–Crippen LogP) is 2.28. The van der Waals surface area contributed by atoms with Gasteiger partial charge in [0.25, 0.3) is 0 Å². The number of urea groups is 1. The van der Waals surface area contributed by atoms with Crippen molar-refractivity contribution in [3.63, 3.8) is 0 Å². The van der Waals surface area contributed by atoms with E-state index in [0.29, 0.717) is 5.56 Å². The van der Waals surface area contributed by atoms with Crippen molar-refractivity contribution in [1.29, 1.82) is 0 Å². The number of para-hydroxylation sites is 1. The molecule has 1 saturated heterocycles. The number of carbonyl (C=O) groups excluding carboxylic acids is 2. The van der Waals surface area contributed by atoms with Crippen LogP contribution in [-0.2, 0) is 9.53 Å². The zero-order valence-electron chi connectivity index (χ0n) is 14.7. The molecule has 0 bridgehead atoms. The minimum absolute atomic E-state index is 0.107. The Balaban J connectivity index is 2.00. The maximum atomic E-state index is 12.6. The molecule has 2 heterocycles. The molecule has 0 spiro atoms. The van der Waals surface area contributed by atoms with Crippen molar-refractivity contribution in [1.82, 2.24) is 15.2 Å². The summed E-state index contributed by atoms with van der Waals surface area (Å²) in [5.74, 6) is -0.623. The number of benzene rings is 1. The summed E-state index contributed by atoms with van der Waals surface area (Å²) in [6.07, 6.45) is 0.454. The van der Waals surface area contributed by atoms with Gasteiger partial charge in [-0.15, -0.1) is 0 Å². The van der Waals surface area contributed by atoms with E-state index in [1.165, 1.54) is 4.90 Å². The number of hydrogen-bond acceptors (Lipinski definition) is 4. The number of carbonyl (C=O) groups is 2. The van der Waals surface area contributed by atoms with Crippen molar-refractivity contribution in [3.05, 3.63) is 36.0 Å². The van der Waals surface area contributed by atoms with E-state index in [-0.39, 0.29) is 6.04 Å². The highest BCUT2D eigenvalue weighted by atomic mass is 16.6. The molecule has 2 atom stereocenters. The number of nitrogens with one attached hydrogen (secondary N) is 2. The van der Waals surface area contributed by atoms with E-state index in [0.717, 1.165) is 10.9 Å². The first-order chi connectivity index (χ1) is 11.7. The van der Waals surface area contributed by atoms with Crippen LogP contribution in [0.4, 0.5) is 4.79 Å². The van der Waals surface area contributed by atoms with Gasteiger partial charge in [0.2, 0.25) is 0 Å². The summed E-state index contributed by atoms with van der Waals surface area (Å²) in [7, 11) is 0. The number of nitrogens with zero attached hydrogens (tertiary/aromatic N) is 1. The van der Waals surface area contributed by atoms with Crippen molar-refractivity contribution in [2.75, 3.05) is 0 Å². The smallest absolute Gasteiger partial charge is 0.334 e. The lowest BCUT2D eigenvalue weighted by Crippen LogP contribution is -2.55. The van der Waals surface area contributed by atoms with Crippen LogP contribution in [0.25, 0.3) is 10.9 Å². The van der Waals surface area contributed by atoms with Gasteiger partial charge >= 0.3 is 12.0 Å². The molecule has 2 amide bonds. The van der Waals surface area contributed by atoms with Crippen molar-refractivity contribution in [2.45, 2.75) is 51.6 Å². The maximum absolute atomic E-state index is 12.6. The van der Waals surface area contributed by atoms with E-state index in [9.17, 15) is 14.7 Å². The highest BCUT2D eigenvalue weighted by Gasteiger charge is 2.54. The Labute approximate surface area is 146 Å². The van der Waals surface area contributed by atoms with Crippen LogP contribution >= 0.6 is 0 Å². The molecule has 1 fully saturated rings. The van der Waals surface area contributed by atoms with Gasteiger partial charge in [0, 0.05) is 28.7 Å². The topological polar surface area (TPSA) is 94.7 Å². The van der Waals surface area contributed by atoms with E-state index in [2.05, 4.69) is 10.3 Å². The largest absolute Gasteiger partial charge is 0.438 e. The Kier molecular flexibility index (Phi) is 4.20. The molecule has 1 unspecified atom stereocenters. The van der Waals surface area contributed by atoms with Crippen LogP contribution < -0.4 is 5.32 Å². The van der Waals surface area contributed by atoms with Crippen LogP contribution in [0.15, 0.2) is 30.5 Å². The van der Waals surface area contributed by atoms with E-state index in [4.69, 9.17) is 4.74 Å². The zero-order chi connectivity index (χ0) is 18.4. The third-order valence-electron chi connectivity index (χ3n) is 4.32. The molecular weight excluding hydrogens is 322 g/mol. The summed E-state index contributed by atoms with van der Waals surface area (Å²) in [5, 5.41) is 14.5. The summed E-state index contributed by atoms with van der Waals surface area (Å²) in [4.78, 5) is 29.4. The minimum Gasteiger partial charge on any atom is -0.438 e. The molecule has 3 N–H and O–H groups in total. The summed E-state index contributed by atoms with van der Waals surface area (Å²) >= 11 is 0. The van der Waals surface area contributed by atoms with Gasteiger partial charge in [-0.05, 0) is 33.8 Å². The Hall–Kier alpha value is -2.54. The van der Waals surface area contributed by atoms with Crippen molar-refractivity contribution >= 4 is 22.9 Å². The van der Waals surface area contributed by atoms with E-state index >= 15 is 0 Å². The number of H-pyrrole nitrogens is 1. The number of aliphatic hydroxyl groups excluding tert-OH is 1. The first kappa shape index (κ1) is 17.3. The van der Waals surface area contributed by atoms with Gasteiger partial charge in [-0.2, -0.15) is 0 Å². The molecule has 1 aliphatic rings. The van der Waals surface area contributed by atoms with Gasteiger partial charge < -0.3 is 20.1 Å². The summed E-state index contributed by atoms with van der Waals surface area (Å²) in [6, 6.07) is 5.80. The molecule has 7 heteroatoms. The van der Waals surface area contributed by atoms with Crippen LogP contribution in [-0.4, -0.2) is 44.8 Å². The molecule has 7 nitrogen and oxygen atoms in total. The summed E-state index contributed by atoms with van der Waals surface area (Å²) in [6.45, 7) is 6.92. The first-order valence-corrected chi connectivity index (χ1v) is 8.29. The predicted molar refractivity (Wildman–Crippen MR) is 92.7 cm³/mol. The van der Waals surface area contributed by atoms with Crippen LogP contribution in [0, 0.1) is 0 Å². The van der Waals surface area contributed by atoms with Crippen LogP contribution in [0.5, 0.6) is 0 Å². The standard InChI is InChI=1S/C18H23N3O4/c1-10(2)20-17(24)21-14(16(23)25-18(21,3)4)15(22)12-9-19-13-8-6-5-7-11(12)13/h5-10,14-15,19,22H,1-4H3,(H,20,24)/t14-,15?/m1/s1. The number of ether oxygens (including phenoxy) is 1. The van der Waals surface area contributed by atoms with Crippen molar-refractivity contribution in [2.24, 2.45) is 0 Å². The van der Waals surface area contributed by atoms with Gasteiger partial charge in [-0.1, -0.05) is 18.2 Å². The number of aliphatic hydroxyl groups is 1. The lowest BCUT2D eigenvalue weighted by atomic mass is 10.00. The van der Waals surface area contributed by atoms with Crippen LogP contribution in [0.1, 0.15) is 39.4 Å². The zero-order valence-corrected chi connectivity index (χ0v) is 14.7. The molecule has 1 aromatic heterocycles. The number of fused-ring (bicyclic) bond motifs is 1. The normalized spacial score (nSPS) is 20.8. The van der Waals surface area contributed by atoms with Gasteiger partial charge in [0.05, 0.1) is 0 Å². The molecule has 2 aromatic rings. The Morgan fingerprint density at radius 3 is 2.72 bits per heavy atom. The molecule has 1 aliphatic heterocycles. The third kappa shape index (κ3) is 2.95. The Bertz CT molecular complexity index is 812. The fourth-order valence-electron chi connectivity index (χ4n) is 3.26. The molecule has 25 heavy (non-hydrogen) atoms. The highest BCUT2D eigenvalue weighted by Crippen LogP contribution is 2.37. The quantitative estimate of drug-likeness (QED) is 0.744. The third-order valence-corrected chi connectivity index (χ3v) is 4.32. The molecule has 0 radical (unpaired) electrons. The van der Waals surface area contributed by atoms with Gasteiger partial charge in [0.1, 0.15) is 6.10 Å².